The van der Waals surface area contributed by atoms with Gasteiger partial charge in [0.2, 0.25) is 0 Å². The van der Waals surface area contributed by atoms with Crippen molar-refractivity contribution in [2.75, 3.05) is 0 Å². The summed E-state index contributed by atoms with van der Waals surface area (Å²) in [4.78, 5) is 23.6. The molecule has 122 valence electrons. The Morgan fingerprint density at radius 3 is 2.74 bits per heavy atom. The van der Waals surface area contributed by atoms with Gasteiger partial charge in [-0.2, -0.15) is 0 Å². The second kappa shape index (κ2) is 5.44. The van der Waals surface area contributed by atoms with Gasteiger partial charge in [-0.15, -0.1) is 0 Å². The lowest BCUT2D eigenvalue weighted by Crippen LogP contribution is -2.44. The zero-order valence-corrected chi connectivity index (χ0v) is 14.3. The van der Waals surface area contributed by atoms with E-state index in [4.69, 9.17) is 4.52 Å². The number of aryl methyl sites for hydroxylation is 1. The number of nitrogens with zero attached hydrogens (tertiary/aromatic N) is 4. The Hall–Kier alpha value is -2.24. The first-order valence-electron chi connectivity index (χ1n) is 7.85. The summed E-state index contributed by atoms with van der Waals surface area (Å²) in [5.74, 6) is 1.48. The summed E-state index contributed by atoms with van der Waals surface area (Å²) in [5, 5.41) is 3.98. The molecule has 0 saturated heterocycles. The van der Waals surface area contributed by atoms with E-state index in [-0.39, 0.29) is 17.4 Å². The minimum absolute atomic E-state index is 0.0418. The standard InChI is InChI=1S/C17H22N4O2/c1-10-6-14-13(8-18-16(19-14)17(3,4)5)15(22)21(10)9-12-7-11(2)23-20-12/h7-8,10H,6,9H2,1-5H3/t10-/m1/s1. The van der Waals surface area contributed by atoms with Gasteiger partial charge in [0.15, 0.2) is 0 Å². The van der Waals surface area contributed by atoms with Crippen molar-refractivity contribution < 1.29 is 9.32 Å². The lowest BCUT2D eigenvalue weighted by Gasteiger charge is -2.33. The number of aromatic nitrogens is 3. The third-order valence-corrected chi connectivity index (χ3v) is 4.06. The van der Waals surface area contributed by atoms with E-state index in [0.29, 0.717) is 12.1 Å². The lowest BCUT2D eigenvalue weighted by molar-refractivity contribution is 0.0640. The zero-order valence-electron chi connectivity index (χ0n) is 14.3. The van der Waals surface area contributed by atoms with Crippen LogP contribution in [-0.2, 0) is 18.4 Å². The van der Waals surface area contributed by atoms with E-state index in [2.05, 4.69) is 35.9 Å². The van der Waals surface area contributed by atoms with Crippen LogP contribution in [0.2, 0.25) is 0 Å². The van der Waals surface area contributed by atoms with Crippen LogP contribution in [0.4, 0.5) is 0 Å². The molecule has 0 N–H and O–H groups in total. The average Bonchev–Trinajstić information content (AvgIpc) is 2.87. The van der Waals surface area contributed by atoms with Crippen molar-refractivity contribution in [3.63, 3.8) is 0 Å². The topological polar surface area (TPSA) is 72.1 Å². The van der Waals surface area contributed by atoms with Crippen LogP contribution in [-0.4, -0.2) is 32.0 Å². The molecule has 1 aliphatic heterocycles. The maximum Gasteiger partial charge on any atom is 0.257 e. The van der Waals surface area contributed by atoms with Crippen LogP contribution in [0.1, 0.15) is 61.0 Å². The molecule has 6 nitrogen and oxygen atoms in total. The Kier molecular flexibility index (Phi) is 3.70. The van der Waals surface area contributed by atoms with Gasteiger partial charge < -0.3 is 9.42 Å². The first-order chi connectivity index (χ1) is 10.8. The first-order valence-corrected chi connectivity index (χ1v) is 7.85. The largest absolute Gasteiger partial charge is 0.361 e. The second-order valence-corrected chi connectivity index (χ2v) is 7.22. The first kappa shape index (κ1) is 15.6. The van der Waals surface area contributed by atoms with Gasteiger partial charge >= 0.3 is 0 Å². The Bertz CT molecular complexity index is 745. The van der Waals surface area contributed by atoms with Gasteiger partial charge in [-0.05, 0) is 13.8 Å². The molecule has 0 radical (unpaired) electrons. The smallest absolute Gasteiger partial charge is 0.257 e. The fourth-order valence-electron chi connectivity index (χ4n) is 2.75. The van der Waals surface area contributed by atoms with E-state index < -0.39 is 0 Å². The van der Waals surface area contributed by atoms with Crippen LogP contribution >= 0.6 is 0 Å². The second-order valence-electron chi connectivity index (χ2n) is 7.22. The van der Waals surface area contributed by atoms with Gasteiger partial charge in [-0.1, -0.05) is 25.9 Å². The van der Waals surface area contributed by atoms with Crippen LogP contribution in [0.5, 0.6) is 0 Å². The van der Waals surface area contributed by atoms with E-state index in [1.165, 1.54) is 0 Å². The third-order valence-electron chi connectivity index (χ3n) is 4.06. The molecule has 0 spiro atoms. The molecule has 1 aliphatic rings. The molecule has 0 unspecified atom stereocenters. The van der Waals surface area contributed by atoms with Crippen molar-refractivity contribution in [2.24, 2.45) is 0 Å². The molecule has 0 fully saturated rings. The molecule has 2 aromatic heterocycles. The van der Waals surface area contributed by atoms with Crippen molar-refractivity contribution in [3.8, 4) is 0 Å². The van der Waals surface area contributed by atoms with E-state index >= 15 is 0 Å². The lowest BCUT2D eigenvalue weighted by atomic mass is 9.94. The Morgan fingerprint density at radius 1 is 1.39 bits per heavy atom. The molecule has 3 rings (SSSR count). The molecule has 0 saturated carbocycles. The van der Waals surface area contributed by atoms with Crippen molar-refractivity contribution >= 4 is 5.91 Å². The predicted octanol–water partition coefficient (Wildman–Crippen LogP) is 2.66. The number of amides is 1. The summed E-state index contributed by atoms with van der Waals surface area (Å²) in [6.07, 6.45) is 2.39. The highest BCUT2D eigenvalue weighted by molar-refractivity contribution is 5.96. The molecule has 1 atom stereocenters. The van der Waals surface area contributed by atoms with E-state index in [1.54, 1.807) is 11.1 Å². The van der Waals surface area contributed by atoms with Gasteiger partial charge in [-0.3, -0.25) is 4.79 Å². The summed E-state index contributed by atoms with van der Waals surface area (Å²) >= 11 is 0. The Labute approximate surface area is 135 Å². The van der Waals surface area contributed by atoms with Crippen LogP contribution < -0.4 is 0 Å². The van der Waals surface area contributed by atoms with Gasteiger partial charge in [0.1, 0.15) is 17.3 Å². The molecule has 2 aromatic rings. The predicted molar refractivity (Wildman–Crippen MR) is 85.0 cm³/mol. The van der Waals surface area contributed by atoms with E-state index in [0.717, 1.165) is 29.4 Å². The fourth-order valence-corrected chi connectivity index (χ4v) is 2.75. The van der Waals surface area contributed by atoms with Crippen LogP contribution in [0.3, 0.4) is 0 Å². The van der Waals surface area contributed by atoms with Crippen molar-refractivity contribution in [2.45, 2.75) is 59.0 Å². The molecule has 0 bridgehead atoms. The van der Waals surface area contributed by atoms with Crippen LogP contribution in [0, 0.1) is 6.92 Å². The SMILES string of the molecule is Cc1cc(CN2C(=O)c3cnc(C(C)(C)C)nc3C[C@H]2C)no1. The monoisotopic (exact) mass is 314 g/mol. The number of rotatable bonds is 2. The average molecular weight is 314 g/mol. The quantitative estimate of drug-likeness (QED) is 0.852. The van der Waals surface area contributed by atoms with Gasteiger partial charge in [0.25, 0.3) is 5.91 Å². The molecule has 1 amide bonds. The molecular formula is C17H22N4O2. The van der Waals surface area contributed by atoms with Crippen molar-refractivity contribution in [1.29, 1.82) is 0 Å². The number of fused-ring (bicyclic) bond motifs is 1. The molecule has 23 heavy (non-hydrogen) atoms. The third kappa shape index (κ3) is 2.98. The van der Waals surface area contributed by atoms with Crippen molar-refractivity contribution in [3.05, 3.63) is 40.8 Å². The zero-order chi connectivity index (χ0) is 16.8. The highest BCUT2D eigenvalue weighted by Gasteiger charge is 2.33. The number of hydrogen-bond acceptors (Lipinski definition) is 5. The summed E-state index contributed by atoms with van der Waals surface area (Å²) in [7, 11) is 0. The molecule has 0 aromatic carbocycles. The van der Waals surface area contributed by atoms with Gasteiger partial charge in [-0.25, -0.2) is 9.97 Å². The summed E-state index contributed by atoms with van der Waals surface area (Å²) in [5.41, 5.74) is 2.07. The number of hydrogen-bond donors (Lipinski definition) is 0. The fraction of sp³-hybridized carbons (Fsp3) is 0.529. The minimum Gasteiger partial charge on any atom is -0.361 e. The molecule has 0 aliphatic carbocycles. The highest BCUT2D eigenvalue weighted by atomic mass is 16.5. The van der Waals surface area contributed by atoms with E-state index in [9.17, 15) is 4.79 Å². The molecule has 3 heterocycles. The Morgan fingerprint density at radius 2 is 2.13 bits per heavy atom. The summed E-state index contributed by atoms with van der Waals surface area (Å²) in [6.45, 7) is 10.5. The summed E-state index contributed by atoms with van der Waals surface area (Å²) < 4.78 is 5.09. The van der Waals surface area contributed by atoms with E-state index in [1.807, 2.05) is 19.9 Å². The summed E-state index contributed by atoms with van der Waals surface area (Å²) in [6, 6.07) is 1.92. The number of carbonyl (C=O) groups excluding carboxylic acids is 1. The minimum atomic E-state index is -0.128. The number of carbonyl (C=O) groups is 1. The Balaban J connectivity index is 1.90. The van der Waals surface area contributed by atoms with Gasteiger partial charge in [0.05, 0.1) is 17.8 Å². The normalized spacial score (nSPS) is 18.2. The molecule has 6 heteroatoms. The highest BCUT2D eigenvalue weighted by Crippen LogP contribution is 2.26. The van der Waals surface area contributed by atoms with Crippen LogP contribution in [0.15, 0.2) is 16.8 Å². The maximum absolute atomic E-state index is 12.8. The van der Waals surface area contributed by atoms with Gasteiger partial charge in [0, 0.05) is 30.1 Å². The maximum atomic E-state index is 12.8. The van der Waals surface area contributed by atoms with Crippen molar-refractivity contribution in [1.82, 2.24) is 20.0 Å². The van der Waals surface area contributed by atoms with Crippen LogP contribution in [0.25, 0.3) is 0 Å². The molecular weight excluding hydrogens is 292 g/mol.